The fourth-order valence-corrected chi connectivity index (χ4v) is 7.37. The number of anilines is 3. The molecule has 0 radical (unpaired) electrons. The number of rotatable bonds is 13. The van der Waals surface area contributed by atoms with Crippen molar-refractivity contribution in [3.63, 3.8) is 0 Å². The minimum atomic E-state index is -0.338. The molecule has 0 aliphatic carbocycles. The molecule has 2 aliphatic heterocycles. The van der Waals surface area contributed by atoms with Crippen LogP contribution in [0.5, 0.6) is 5.75 Å². The quantitative estimate of drug-likeness (QED) is 0.105. The summed E-state index contributed by atoms with van der Waals surface area (Å²) in [5, 5.41) is 8.69. The number of aliphatic imine (C=N–C) groups is 1. The highest BCUT2D eigenvalue weighted by Gasteiger charge is 2.30. The summed E-state index contributed by atoms with van der Waals surface area (Å²) in [6, 6.07) is 21.6. The number of hydrogen-bond donors (Lipinski definition) is 3. The minimum Gasteiger partial charge on any atom is -0.493 e. The van der Waals surface area contributed by atoms with E-state index in [1.165, 1.54) is 0 Å². The van der Waals surface area contributed by atoms with Crippen molar-refractivity contribution in [2.24, 2.45) is 19.1 Å². The molecule has 0 unspecified atom stereocenters. The zero-order valence-electron chi connectivity index (χ0n) is 33.1. The van der Waals surface area contributed by atoms with Crippen LogP contribution in [-0.2, 0) is 30.1 Å². The van der Waals surface area contributed by atoms with Crippen LogP contribution in [-0.4, -0.2) is 68.9 Å². The number of nitrogens with zero attached hydrogens (tertiary/aromatic N) is 4. The van der Waals surface area contributed by atoms with Crippen molar-refractivity contribution < 1.29 is 28.7 Å². The van der Waals surface area contributed by atoms with Crippen LogP contribution in [0.2, 0.25) is 0 Å². The molecular formula is C45H47N7O6. The Bertz CT molecular complexity index is 2410. The van der Waals surface area contributed by atoms with E-state index < -0.39 is 0 Å². The van der Waals surface area contributed by atoms with E-state index in [1.54, 1.807) is 72.7 Å². The number of piperidine rings is 1. The van der Waals surface area contributed by atoms with Gasteiger partial charge in [0.2, 0.25) is 5.91 Å². The van der Waals surface area contributed by atoms with Crippen LogP contribution in [0.1, 0.15) is 81.5 Å². The molecule has 3 aromatic carbocycles. The molecule has 0 saturated carbocycles. The second-order valence-electron chi connectivity index (χ2n) is 15.0. The number of Topliss-reactive ketones (excluding diaryl/α,β-unsaturated/α-hetero) is 1. The summed E-state index contributed by atoms with van der Waals surface area (Å²) in [7, 11) is 3.54. The third-order valence-corrected chi connectivity index (χ3v) is 10.4. The molecule has 13 nitrogen and oxygen atoms in total. The Labute approximate surface area is 337 Å². The zero-order chi connectivity index (χ0) is 40.9. The zero-order valence-corrected chi connectivity index (χ0v) is 33.1. The van der Waals surface area contributed by atoms with Crippen molar-refractivity contribution in [1.82, 2.24) is 14.0 Å². The number of benzene rings is 3. The molecule has 1 saturated heterocycles. The van der Waals surface area contributed by atoms with Crippen LogP contribution >= 0.6 is 0 Å². The van der Waals surface area contributed by atoms with Gasteiger partial charge >= 0.3 is 0 Å². The smallest absolute Gasteiger partial charge is 0.272 e. The molecule has 58 heavy (non-hydrogen) atoms. The van der Waals surface area contributed by atoms with Crippen molar-refractivity contribution in [3.05, 3.63) is 113 Å². The number of aromatic nitrogens is 2. The van der Waals surface area contributed by atoms with Crippen molar-refractivity contribution in [2.75, 3.05) is 29.1 Å². The molecule has 3 N–H and O–H groups in total. The Morgan fingerprint density at radius 2 is 1.47 bits per heavy atom. The van der Waals surface area contributed by atoms with Crippen LogP contribution in [0.3, 0.4) is 0 Å². The van der Waals surface area contributed by atoms with Gasteiger partial charge in [-0.05, 0) is 98.7 Å². The molecule has 298 valence electrons. The van der Waals surface area contributed by atoms with Gasteiger partial charge in [-0.2, -0.15) is 0 Å². The summed E-state index contributed by atoms with van der Waals surface area (Å²) in [6.45, 7) is 4.50. The average molecular weight is 782 g/mol. The highest BCUT2D eigenvalue weighted by atomic mass is 16.5. The number of carbonyl (C=O) groups is 5. The first-order valence-corrected chi connectivity index (χ1v) is 19.5. The van der Waals surface area contributed by atoms with Gasteiger partial charge in [-0.3, -0.25) is 29.0 Å². The Hall–Kier alpha value is -6.76. The lowest BCUT2D eigenvalue weighted by Crippen LogP contribution is -2.43. The lowest BCUT2D eigenvalue weighted by molar-refractivity contribution is -0.117. The predicted molar refractivity (Wildman–Crippen MR) is 224 cm³/mol. The highest BCUT2D eigenvalue weighted by Crippen LogP contribution is 2.34. The van der Waals surface area contributed by atoms with Gasteiger partial charge in [0.25, 0.3) is 17.7 Å². The Kier molecular flexibility index (Phi) is 11.7. The fraction of sp³-hybridized carbons (Fsp3) is 0.289. The lowest BCUT2D eigenvalue weighted by Gasteiger charge is -2.32. The van der Waals surface area contributed by atoms with Gasteiger partial charge in [-0.1, -0.05) is 24.3 Å². The van der Waals surface area contributed by atoms with E-state index in [-0.39, 0.29) is 41.9 Å². The lowest BCUT2D eigenvalue weighted by atomic mass is 10.0. The Balaban J connectivity index is 0.885. The maximum atomic E-state index is 13.2. The highest BCUT2D eigenvalue weighted by molar-refractivity contribution is 6.06. The molecule has 2 aromatic heterocycles. The van der Waals surface area contributed by atoms with Gasteiger partial charge in [0.15, 0.2) is 0 Å². The standard InChI is InChI=1S/C45H47N7O6/c1-28-20-37-38(46-25-36-8-5-6-18-52(36)45(37)57)24-41(28)58-19-7-9-42(54)47-35-23-40(51(4)27-35)44(56)49-34-16-12-31(13-17-34)32-22-39(50(3)26-32)43(55)48-33-14-10-30(11-15-33)21-29(2)53/h10-17,20,22-27,36H,5-9,18-19,21H2,1-4H3,(H,47,54)(H,48,55)(H,49,56)/t36-/m0/s1. The molecule has 1 atom stereocenters. The molecule has 5 aromatic rings. The number of amides is 4. The van der Waals surface area contributed by atoms with E-state index >= 15 is 0 Å². The van der Waals surface area contributed by atoms with Crippen LogP contribution in [0.25, 0.3) is 11.1 Å². The van der Waals surface area contributed by atoms with Crippen molar-refractivity contribution in [3.8, 4) is 16.9 Å². The molecule has 1 fully saturated rings. The monoisotopic (exact) mass is 781 g/mol. The summed E-state index contributed by atoms with van der Waals surface area (Å²) in [5.41, 5.74) is 7.19. The van der Waals surface area contributed by atoms with E-state index in [0.29, 0.717) is 64.9 Å². The SMILES string of the molecule is CC(=O)Cc1ccc(NC(=O)c2cc(-c3ccc(NC(=O)c4cc(NC(=O)CCCOc5cc6c(cc5C)C(=O)N5CCCC[C@H]5C=N6)cn4C)cc3)cn2C)cc1. The summed E-state index contributed by atoms with van der Waals surface area (Å²) in [5.74, 6) is -0.0821. The van der Waals surface area contributed by atoms with Gasteiger partial charge in [0, 0.05) is 75.1 Å². The average Bonchev–Trinajstić information content (AvgIpc) is 3.74. The third kappa shape index (κ3) is 9.10. The number of ether oxygens (including phenoxy) is 1. The fourth-order valence-electron chi connectivity index (χ4n) is 7.37. The molecular weight excluding hydrogens is 735 g/mol. The van der Waals surface area contributed by atoms with Crippen LogP contribution in [0, 0.1) is 6.92 Å². The van der Waals surface area contributed by atoms with Crippen molar-refractivity contribution >= 4 is 58.4 Å². The number of nitrogens with one attached hydrogen (secondary N) is 3. The van der Waals surface area contributed by atoms with Crippen molar-refractivity contribution in [2.45, 2.75) is 58.4 Å². The number of fused-ring (bicyclic) bond motifs is 2. The first-order chi connectivity index (χ1) is 27.9. The molecule has 4 amide bonds. The number of hydrogen-bond acceptors (Lipinski definition) is 7. The van der Waals surface area contributed by atoms with E-state index in [1.807, 2.05) is 60.6 Å². The summed E-state index contributed by atoms with van der Waals surface area (Å²) in [4.78, 5) is 70.3. The van der Waals surface area contributed by atoms with Gasteiger partial charge in [0.1, 0.15) is 22.9 Å². The van der Waals surface area contributed by atoms with E-state index in [4.69, 9.17) is 4.74 Å². The number of carbonyl (C=O) groups excluding carboxylic acids is 5. The molecule has 0 spiro atoms. The number of ketones is 1. The van der Waals surface area contributed by atoms with E-state index in [0.717, 1.165) is 48.1 Å². The molecule has 4 heterocycles. The molecule has 2 aliphatic rings. The summed E-state index contributed by atoms with van der Waals surface area (Å²) < 4.78 is 9.44. The second-order valence-corrected chi connectivity index (χ2v) is 15.0. The number of aryl methyl sites for hydroxylation is 3. The van der Waals surface area contributed by atoms with E-state index in [9.17, 15) is 24.0 Å². The first kappa shape index (κ1) is 39.5. The first-order valence-electron chi connectivity index (χ1n) is 19.5. The van der Waals surface area contributed by atoms with Gasteiger partial charge in [-0.25, -0.2) is 0 Å². The van der Waals surface area contributed by atoms with Gasteiger partial charge < -0.3 is 34.7 Å². The van der Waals surface area contributed by atoms with Crippen molar-refractivity contribution in [1.29, 1.82) is 0 Å². The summed E-state index contributed by atoms with van der Waals surface area (Å²) >= 11 is 0. The maximum absolute atomic E-state index is 13.2. The minimum absolute atomic E-state index is 0.00917. The normalized spacial score (nSPS) is 14.6. The van der Waals surface area contributed by atoms with Crippen LogP contribution in [0.15, 0.2) is 90.2 Å². The second kappa shape index (κ2) is 17.2. The predicted octanol–water partition coefficient (Wildman–Crippen LogP) is 7.48. The molecule has 0 bridgehead atoms. The third-order valence-electron chi connectivity index (χ3n) is 10.4. The van der Waals surface area contributed by atoms with Crippen LogP contribution < -0.4 is 20.7 Å². The molecule has 13 heteroatoms. The molecule has 7 rings (SSSR count). The van der Waals surface area contributed by atoms with Gasteiger partial charge in [-0.15, -0.1) is 0 Å². The Morgan fingerprint density at radius 3 is 2.17 bits per heavy atom. The maximum Gasteiger partial charge on any atom is 0.272 e. The van der Waals surface area contributed by atoms with Gasteiger partial charge in [0.05, 0.1) is 29.6 Å². The van der Waals surface area contributed by atoms with E-state index in [2.05, 4.69) is 20.9 Å². The largest absolute Gasteiger partial charge is 0.493 e. The topological polar surface area (TPSA) is 156 Å². The van der Waals surface area contributed by atoms with Crippen LogP contribution in [0.4, 0.5) is 22.7 Å². The Morgan fingerprint density at radius 1 is 0.793 bits per heavy atom. The summed E-state index contributed by atoms with van der Waals surface area (Å²) in [6.07, 6.45) is 9.46.